The van der Waals surface area contributed by atoms with Gasteiger partial charge in [-0.05, 0) is 115 Å². The predicted octanol–water partition coefficient (Wildman–Crippen LogP) is 6.84. The Morgan fingerprint density at radius 1 is 0.635 bits per heavy atom. The Balaban J connectivity index is 0.000000248. The minimum absolute atomic E-state index is 0.194. The van der Waals surface area contributed by atoms with Crippen molar-refractivity contribution in [2.75, 3.05) is 55.2 Å². The van der Waals surface area contributed by atoms with Crippen LogP contribution in [0.25, 0.3) is 22.3 Å². The molecule has 4 N–H and O–H groups in total. The minimum atomic E-state index is -3.43. The van der Waals surface area contributed by atoms with Crippen LogP contribution in [-0.4, -0.2) is 89.0 Å². The lowest BCUT2D eigenvalue weighted by Gasteiger charge is -2.21. The SMILES string of the molecule is C/C=C/C(=O)N[C@H]1CCc2cc(OC)c(OC)c(OC)c2-c2ccc(S(C)(=O)=O)cc21.C/C=C/C(=O)O.COc1cc2c(c(OC)c1OC)-c1ccc(S(C)(=O)=O)cc1[C@@H](N)CC2. The van der Waals surface area contributed by atoms with E-state index in [4.69, 9.17) is 39.3 Å². The number of benzene rings is 4. The molecule has 0 radical (unpaired) electrons. The maximum atomic E-state index is 12.3. The van der Waals surface area contributed by atoms with Gasteiger partial charge in [0.1, 0.15) is 0 Å². The van der Waals surface area contributed by atoms with Gasteiger partial charge in [-0.15, -0.1) is 0 Å². The molecule has 2 aliphatic carbocycles. The molecular weight excluding hydrogens is 853 g/mol. The van der Waals surface area contributed by atoms with E-state index in [0.29, 0.717) is 59.3 Å². The molecule has 0 saturated heterocycles. The van der Waals surface area contributed by atoms with E-state index in [-0.39, 0.29) is 27.8 Å². The summed E-state index contributed by atoms with van der Waals surface area (Å²) in [6.45, 7) is 3.43. The number of ether oxygens (including phenoxy) is 6. The number of rotatable bonds is 11. The lowest BCUT2D eigenvalue weighted by molar-refractivity contribution is -0.131. The van der Waals surface area contributed by atoms with Crippen molar-refractivity contribution in [3.8, 4) is 56.8 Å². The maximum absolute atomic E-state index is 12.3. The van der Waals surface area contributed by atoms with Gasteiger partial charge in [0.25, 0.3) is 0 Å². The summed E-state index contributed by atoms with van der Waals surface area (Å²) < 4.78 is 81.8. The number of aryl methyl sites for hydroxylation is 2. The molecular formula is C46H56N2O13S2. The minimum Gasteiger partial charge on any atom is -0.493 e. The van der Waals surface area contributed by atoms with Crippen LogP contribution in [0.3, 0.4) is 0 Å². The average molecular weight is 909 g/mol. The second-order valence-corrected chi connectivity index (χ2v) is 18.5. The van der Waals surface area contributed by atoms with Crippen molar-refractivity contribution in [2.45, 2.75) is 61.4 Å². The van der Waals surface area contributed by atoms with Crippen molar-refractivity contribution in [3.63, 3.8) is 0 Å². The van der Waals surface area contributed by atoms with E-state index < -0.39 is 25.6 Å². The van der Waals surface area contributed by atoms with Gasteiger partial charge in [0, 0.05) is 35.8 Å². The molecule has 340 valence electrons. The highest BCUT2D eigenvalue weighted by Crippen LogP contribution is 2.52. The quantitative estimate of drug-likeness (QED) is 0.131. The van der Waals surface area contributed by atoms with Gasteiger partial charge < -0.3 is 44.6 Å². The van der Waals surface area contributed by atoms with Gasteiger partial charge in [0.15, 0.2) is 42.7 Å². The number of hydrogen-bond donors (Lipinski definition) is 3. The van der Waals surface area contributed by atoms with Crippen molar-refractivity contribution in [2.24, 2.45) is 5.73 Å². The van der Waals surface area contributed by atoms with E-state index in [9.17, 15) is 26.4 Å². The van der Waals surface area contributed by atoms with Crippen LogP contribution in [0.4, 0.5) is 0 Å². The number of nitrogens with two attached hydrogens (primary N) is 1. The molecule has 4 aromatic carbocycles. The first-order valence-corrected chi connectivity index (χ1v) is 23.5. The van der Waals surface area contributed by atoms with Crippen LogP contribution in [0, 0.1) is 0 Å². The van der Waals surface area contributed by atoms with Gasteiger partial charge in [-0.1, -0.05) is 24.3 Å². The molecule has 17 heteroatoms. The molecule has 0 saturated carbocycles. The molecule has 2 atom stereocenters. The van der Waals surface area contributed by atoms with Crippen molar-refractivity contribution < 1.29 is 60.0 Å². The van der Waals surface area contributed by atoms with Gasteiger partial charge in [0.2, 0.25) is 17.4 Å². The second kappa shape index (κ2) is 21.4. The summed E-state index contributed by atoms with van der Waals surface area (Å²) in [6, 6.07) is 13.2. The van der Waals surface area contributed by atoms with Crippen LogP contribution in [0.1, 0.15) is 61.0 Å². The van der Waals surface area contributed by atoms with Crippen molar-refractivity contribution >= 4 is 31.6 Å². The summed E-state index contributed by atoms with van der Waals surface area (Å²) in [5.41, 5.74) is 13.2. The third kappa shape index (κ3) is 11.3. The number of aliphatic carboxylic acids is 1. The van der Waals surface area contributed by atoms with Crippen LogP contribution in [0.15, 0.2) is 82.6 Å². The third-order valence-corrected chi connectivity index (χ3v) is 12.6. The van der Waals surface area contributed by atoms with Crippen LogP contribution >= 0.6 is 0 Å². The summed E-state index contributed by atoms with van der Waals surface area (Å²) in [5.74, 6) is 2.03. The highest BCUT2D eigenvalue weighted by Gasteiger charge is 2.31. The summed E-state index contributed by atoms with van der Waals surface area (Å²) in [4.78, 5) is 22.3. The van der Waals surface area contributed by atoms with Crippen molar-refractivity contribution in [1.82, 2.24) is 5.32 Å². The van der Waals surface area contributed by atoms with E-state index in [1.807, 2.05) is 12.1 Å². The summed E-state index contributed by atoms with van der Waals surface area (Å²) in [5, 5.41) is 10.8. The van der Waals surface area contributed by atoms with E-state index in [1.165, 1.54) is 31.8 Å². The van der Waals surface area contributed by atoms with Gasteiger partial charge in [-0.2, -0.15) is 0 Å². The highest BCUT2D eigenvalue weighted by molar-refractivity contribution is 7.91. The number of carbonyl (C=O) groups excluding carboxylic acids is 1. The standard InChI is InChI=1S/C23H27NO6S.C19H23NO5S.C4H6O2/c1-6-7-20(25)24-18-11-8-14-12-19(28-2)22(29-3)23(30-4)21(14)16-10-9-15(13-17(16)18)31(5,26)27;1-23-16-9-11-5-8-15(20)14-10-12(26(4,21)22)6-7-13(14)17(11)19(25-3)18(16)24-2;1-2-3-4(5)6/h6-7,9-10,12-13,18H,8,11H2,1-5H3,(H,24,25);6-7,9-10,15H,5,8,20H2,1-4H3;2-3H,1H3,(H,5,6)/b7-6+;;3-2+/t18-;15-;/m00./s1. The Morgan fingerprint density at radius 2 is 1.06 bits per heavy atom. The predicted molar refractivity (Wildman–Crippen MR) is 241 cm³/mol. The zero-order valence-corrected chi connectivity index (χ0v) is 38.8. The monoisotopic (exact) mass is 908 g/mol. The molecule has 0 unspecified atom stereocenters. The maximum Gasteiger partial charge on any atom is 0.327 e. The normalized spacial score (nSPS) is 15.3. The molecule has 1 amide bonds. The molecule has 0 aliphatic heterocycles. The Hall–Kier alpha value is -6.04. The smallest absolute Gasteiger partial charge is 0.327 e. The number of sulfone groups is 2. The largest absolute Gasteiger partial charge is 0.493 e. The Morgan fingerprint density at radius 3 is 1.44 bits per heavy atom. The molecule has 0 fully saturated rings. The van der Waals surface area contributed by atoms with Crippen LogP contribution in [0.2, 0.25) is 0 Å². The number of carboxylic acids is 1. The van der Waals surface area contributed by atoms with Crippen LogP contribution in [-0.2, 0) is 42.1 Å². The summed E-state index contributed by atoms with van der Waals surface area (Å²) >= 11 is 0. The Labute approximate surface area is 369 Å². The summed E-state index contributed by atoms with van der Waals surface area (Å²) in [7, 11) is 2.62. The highest BCUT2D eigenvalue weighted by atomic mass is 32.2. The number of methoxy groups -OCH3 is 6. The van der Waals surface area contributed by atoms with Crippen molar-refractivity contribution in [1.29, 1.82) is 0 Å². The van der Waals surface area contributed by atoms with Gasteiger partial charge in [-0.3, -0.25) is 4.79 Å². The van der Waals surface area contributed by atoms with Gasteiger partial charge in [-0.25, -0.2) is 21.6 Å². The number of hydrogen-bond acceptors (Lipinski definition) is 13. The zero-order valence-electron chi connectivity index (χ0n) is 37.2. The number of nitrogens with one attached hydrogen (secondary N) is 1. The van der Waals surface area contributed by atoms with Crippen LogP contribution < -0.4 is 39.5 Å². The first kappa shape index (κ1) is 49.6. The summed E-state index contributed by atoms with van der Waals surface area (Å²) in [6.07, 6.45) is 10.6. The molecule has 6 rings (SSSR count). The number of carbonyl (C=O) groups is 2. The fourth-order valence-corrected chi connectivity index (χ4v) is 8.89. The second-order valence-electron chi connectivity index (χ2n) is 14.5. The lowest BCUT2D eigenvalue weighted by atomic mass is 9.93. The number of amides is 1. The van der Waals surface area contributed by atoms with E-state index in [1.54, 1.807) is 91.9 Å². The average Bonchev–Trinajstić information content (AvgIpc) is 3.48. The molecule has 0 aromatic heterocycles. The molecule has 63 heavy (non-hydrogen) atoms. The molecule has 15 nitrogen and oxygen atoms in total. The third-order valence-electron chi connectivity index (χ3n) is 10.4. The molecule has 0 heterocycles. The van der Waals surface area contributed by atoms with E-state index >= 15 is 0 Å². The lowest BCUT2D eigenvalue weighted by Crippen LogP contribution is -2.27. The van der Waals surface area contributed by atoms with E-state index in [2.05, 4.69) is 5.32 Å². The Kier molecular flexibility index (Phi) is 16.8. The number of allylic oxidation sites excluding steroid dienone is 2. The molecule has 2 aliphatic rings. The molecule has 0 bridgehead atoms. The van der Waals surface area contributed by atoms with Crippen LogP contribution in [0.5, 0.6) is 34.5 Å². The van der Waals surface area contributed by atoms with Gasteiger partial charge in [0.05, 0.1) is 58.5 Å². The first-order valence-electron chi connectivity index (χ1n) is 19.7. The fourth-order valence-electron chi connectivity index (χ4n) is 7.58. The number of fused-ring (bicyclic) bond motifs is 6. The first-order chi connectivity index (χ1) is 29.8. The molecule has 0 spiro atoms. The molecule has 4 aromatic rings. The Bertz CT molecular complexity index is 2620. The number of carboxylic acid groups (broad SMARTS) is 1. The van der Waals surface area contributed by atoms with E-state index in [0.717, 1.165) is 51.4 Å². The van der Waals surface area contributed by atoms with Gasteiger partial charge >= 0.3 is 5.97 Å². The van der Waals surface area contributed by atoms with Crippen molar-refractivity contribution in [3.05, 3.63) is 95.1 Å². The zero-order chi connectivity index (χ0) is 46.8. The topological polar surface area (TPSA) is 216 Å². The fraction of sp³-hybridized carbons (Fsp3) is 0.348.